The van der Waals surface area contributed by atoms with E-state index in [1.807, 2.05) is 13.1 Å². The van der Waals surface area contributed by atoms with E-state index >= 15 is 0 Å². The van der Waals surface area contributed by atoms with Crippen LogP contribution in [-0.4, -0.2) is 76.3 Å². The standard InChI is InChI=1S/C22H28N4O6S/c1-26-7-6-21-16-10-2-3-11(19(28)25-33)17(16)32-18(21)13(4-5-22(21,31)14(26)8-10)24-15(27)9-12(23)20(29)30/h2-3,12-14,18,31,33H,4-9,23H2,1H3,(H,24,27)(H,25,28)(H,29,30)/t12?,13?,14?,18?,21-,22?/m0/s1. The molecule has 2 bridgehead atoms. The van der Waals surface area contributed by atoms with Gasteiger partial charge in [-0.15, -0.1) is 0 Å². The number of nitrogens with zero attached hydrogens (tertiary/aromatic N) is 1. The Morgan fingerprint density at radius 2 is 2.12 bits per heavy atom. The SMILES string of the molecule is CN1CC[C@]23c4c5ccc(C(=O)NS)c4OC2C(NC(=O)CC(N)C(=O)O)CCC3(O)C1C5. The highest BCUT2D eigenvalue weighted by atomic mass is 32.1. The number of likely N-dealkylation sites (N-methyl/N-ethyl adjacent to an activating group) is 1. The second-order valence-electron chi connectivity index (χ2n) is 9.66. The number of carboxylic acids is 1. The molecule has 6 atom stereocenters. The number of hydrogen-bond acceptors (Lipinski definition) is 8. The van der Waals surface area contributed by atoms with Crippen LogP contribution in [0.4, 0.5) is 0 Å². The average Bonchev–Trinajstić information content (AvgIpc) is 3.13. The molecule has 0 aromatic heterocycles. The second kappa shape index (κ2) is 7.59. The van der Waals surface area contributed by atoms with Crippen LogP contribution in [0.15, 0.2) is 12.1 Å². The average molecular weight is 477 g/mol. The molecule has 2 aliphatic carbocycles. The van der Waals surface area contributed by atoms with Crippen LogP contribution in [0.25, 0.3) is 0 Å². The second-order valence-corrected chi connectivity index (χ2v) is 9.89. The minimum absolute atomic E-state index is 0.113. The van der Waals surface area contributed by atoms with E-state index in [-0.39, 0.29) is 12.5 Å². The lowest BCUT2D eigenvalue weighted by molar-refractivity contribution is -0.187. The Bertz CT molecular complexity index is 1050. The fourth-order valence-electron chi connectivity index (χ4n) is 6.71. The van der Waals surface area contributed by atoms with E-state index in [4.69, 9.17) is 15.6 Å². The van der Waals surface area contributed by atoms with Crippen molar-refractivity contribution in [1.82, 2.24) is 14.9 Å². The van der Waals surface area contributed by atoms with Gasteiger partial charge in [-0.25, -0.2) is 0 Å². The summed E-state index contributed by atoms with van der Waals surface area (Å²) in [6.07, 6.45) is 1.19. The van der Waals surface area contributed by atoms with Gasteiger partial charge in [-0.05, 0) is 50.9 Å². The van der Waals surface area contributed by atoms with Crippen molar-refractivity contribution >= 4 is 30.6 Å². The maximum Gasteiger partial charge on any atom is 0.321 e. The lowest BCUT2D eigenvalue weighted by Crippen LogP contribution is -2.77. The van der Waals surface area contributed by atoms with Crippen LogP contribution in [0, 0.1) is 0 Å². The molecule has 11 heteroatoms. The molecule has 6 N–H and O–H groups in total. The largest absolute Gasteiger partial charge is 0.486 e. The van der Waals surface area contributed by atoms with Gasteiger partial charge in [-0.3, -0.25) is 19.1 Å². The number of nitrogens with two attached hydrogens (primary N) is 1. The zero-order valence-corrected chi connectivity index (χ0v) is 19.1. The Kier molecular flexibility index (Phi) is 5.16. The highest BCUT2D eigenvalue weighted by molar-refractivity contribution is 7.78. The number of ether oxygens (including phenoxy) is 1. The Balaban J connectivity index is 1.59. The first-order valence-corrected chi connectivity index (χ1v) is 11.6. The summed E-state index contributed by atoms with van der Waals surface area (Å²) in [7, 11) is 2.01. The number of carbonyl (C=O) groups excluding carboxylic acids is 2. The van der Waals surface area contributed by atoms with E-state index in [9.17, 15) is 19.5 Å². The molecule has 1 aromatic carbocycles. The van der Waals surface area contributed by atoms with Gasteiger partial charge in [0.15, 0.2) is 0 Å². The summed E-state index contributed by atoms with van der Waals surface area (Å²) in [5.74, 6) is -1.69. The molecule has 1 saturated heterocycles. The van der Waals surface area contributed by atoms with Crippen molar-refractivity contribution in [3.63, 3.8) is 0 Å². The van der Waals surface area contributed by atoms with Crippen LogP contribution >= 0.6 is 12.8 Å². The third-order valence-electron chi connectivity index (χ3n) is 8.17. The lowest BCUT2D eigenvalue weighted by atomic mass is 9.48. The highest BCUT2D eigenvalue weighted by Crippen LogP contribution is 2.64. The van der Waals surface area contributed by atoms with Crippen molar-refractivity contribution in [2.75, 3.05) is 13.6 Å². The molecular weight excluding hydrogens is 448 g/mol. The van der Waals surface area contributed by atoms with Gasteiger partial charge in [0.1, 0.15) is 17.9 Å². The van der Waals surface area contributed by atoms with Crippen LogP contribution in [0.2, 0.25) is 0 Å². The number of amides is 2. The number of rotatable bonds is 5. The summed E-state index contributed by atoms with van der Waals surface area (Å²) >= 11 is 3.91. The van der Waals surface area contributed by atoms with Crippen LogP contribution < -0.4 is 20.5 Å². The predicted molar refractivity (Wildman–Crippen MR) is 120 cm³/mol. The fourth-order valence-corrected chi connectivity index (χ4v) is 6.83. The van der Waals surface area contributed by atoms with Gasteiger partial charge in [-0.1, -0.05) is 18.9 Å². The summed E-state index contributed by atoms with van der Waals surface area (Å²) < 4.78 is 8.82. The summed E-state index contributed by atoms with van der Waals surface area (Å²) in [6.45, 7) is 0.735. The molecule has 178 valence electrons. The zero-order chi connectivity index (χ0) is 23.7. The minimum atomic E-state index is -1.30. The smallest absolute Gasteiger partial charge is 0.321 e. The van der Waals surface area contributed by atoms with Crippen molar-refractivity contribution in [1.29, 1.82) is 0 Å². The lowest BCUT2D eigenvalue weighted by Gasteiger charge is -2.63. The number of likely N-dealkylation sites (tertiary alicyclic amines) is 1. The van der Waals surface area contributed by atoms with E-state index < -0.39 is 47.0 Å². The van der Waals surface area contributed by atoms with Gasteiger partial charge in [0, 0.05) is 11.6 Å². The van der Waals surface area contributed by atoms with E-state index in [0.29, 0.717) is 37.0 Å². The van der Waals surface area contributed by atoms with Crippen molar-refractivity contribution in [2.24, 2.45) is 5.73 Å². The number of aliphatic hydroxyl groups is 1. The van der Waals surface area contributed by atoms with E-state index in [1.165, 1.54) is 0 Å². The monoisotopic (exact) mass is 476 g/mol. The molecule has 2 amide bonds. The maximum absolute atomic E-state index is 12.6. The molecule has 1 spiro atoms. The van der Waals surface area contributed by atoms with Crippen LogP contribution in [0.1, 0.15) is 47.2 Å². The summed E-state index contributed by atoms with van der Waals surface area (Å²) in [4.78, 5) is 38.4. The van der Waals surface area contributed by atoms with Crippen molar-refractivity contribution < 1.29 is 29.3 Å². The summed E-state index contributed by atoms with van der Waals surface area (Å²) in [5.41, 5.74) is 5.90. The molecule has 33 heavy (non-hydrogen) atoms. The number of benzene rings is 1. The third kappa shape index (κ3) is 2.95. The van der Waals surface area contributed by atoms with Gasteiger partial charge in [-0.2, -0.15) is 0 Å². The Labute approximate surface area is 196 Å². The van der Waals surface area contributed by atoms with E-state index in [1.54, 1.807) is 6.07 Å². The number of hydrogen-bond donors (Lipinski definition) is 6. The first-order chi connectivity index (χ1) is 15.6. The molecule has 5 unspecified atom stereocenters. The Morgan fingerprint density at radius 3 is 2.82 bits per heavy atom. The van der Waals surface area contributed by atoms with Gasteiger partial charge >= 0.3 is 5.97 Å². The maximum atomic E-state index is 12.6. The fraction of sp³-hybridized carbons (Fsp3) is 0.591. The van der Waals surface area contributed by atoms with Crippen molar-refractivity contribution in [3.8, 4) is 5.75 Å². The molecular formula is C22H28N4O6S. The minimum Gasteiger partial charge on any atom is -0.486 e. The first kappa shape index (κ1) is 22.5. The molecule has 10 nitrogen and oxygen atoms in total. The van der Waals surface area contributed by atoms with Gasteiger partial charge in [0.25, 0.3) is 5.91 Å². The number of carboxylic acid groups (broad SMARTS) is 1. The number of nitrogens with one attached hydrogen (secondary N) is 2. The normalized spacial score (nSPS) is 34.6. The van der Waals surface area contributed by atoms with Crippen molar-refractivity contribution in [3.05, 3.63) is 28.8 Å². The summed E-state index contributed by atoms with van der Waals surface area (Å²) in [5, 5.41) is 24.2. The predicted octanol–water partition coefficient (Wildman–Crippen LogP) is -0.668. The highest BCUT2D eigenvalue weighted by Gasteiger charge is 2.72. The van der Waals surface area contributed by atoms with Gasteiger partial charge in [0.05, 0.1) is 29.0 Å². The topological polar surface area (TPSA) is 154 Å². The van der Waals surface area contributed by atoms with E-state index in [2.05, 4.69) is 27.8 Å². The molecule has 1 aromatic rings. The van der Waals surface area contributed by atoms with Crippen LogP contribution in [-0.2, 0) is 21.4 Å². The molecule has 4 aliphatic rings. The molecule has 2 heterocycles. The number of aliphatic carboxylic acids is 1. The quantitative estimate of drug-likeness (QED) is 0.306. The molecule has 5 rings (SSSR count). The Morgan fingerprint density at radius 1 is 1.36 bits per heavy atom. The van der Waals surface area contributed by atoms with Crippen molar-refractivity contribution in [2.45, 2.75) is 67.3 Å². The molecule has 0 radical (unpaired) electrons. The number of piperidine rings is 1. The first-order valence-electron chi connectivity index (χ1n) is 11.1. The van der Waals surface area contributed by atoms with Gasteiger partial charge in [0.2, 0.25) is 5.91 Å². The molecule has 2 fully saturated rings. The van der Waals surface area contributed by atoms with Gasteiger partial charge < -0.3 is 30.9 Å². The molecule has 2 aliphatic heterocycles. The summed E-state index contributed by atoms with van der Waals surface area (Å²) in [6, 6.07) is 1.76. The van der Waals surface area contributed by atoms with Crippen LogP contribution in [0.5, 0.6) is 5.75 Å². The van der Waals surface area contributed by atoms with E-state index in [0.717, 1.165) is 17.7 Å². The number of carbonyl (C=O) groups is 3. The molecule has 1 saturated carbocycles. The Hall–Kier alpha value is -2.34. The van der Waals surface area contributed by atoms with Crippen LogP contribution in [0.3, 0.4) is 0 Å². The number of thiol groups is 1. The third-order valence-corrected chi connectivity index (χ3v) is 8.37. The zero-order valence-electron chi connectivity index (χ0n) is 18.2.